The standard InChI is InChI=1S/C15H11N3O3/c19-14(13-16-11-7-3-4-8-12(11)17-13)18-10-6-2-1-5-9(10)15(20)21/h1-8H,(H,16,17)(H,18,19)(H,20,21). The number of carboxylic acids is 1. The second-order valence-corrected chi connectivity index (χ2v) is 4.41. The number of hydrogen-bond acceptors (Lipinski definition) is 3. The maximum absolute atomic E-state index is 12.2. The van der Waals surface area contributed by atoms with Crippen molar-refractivity contribution in [2.75, 3.05) is 5.32 Å². The van der Waals surface area contributed by atoms with Gasteiger partial charge in [0.05, 0.1) is 22.3 Å². The summed E-state index contributed by atoms with van der Waals surface area (Å²) in [6.07, 6.45) is 0. The largest absolute Gasteiger partial charge is 0.478 e. The first-order chi connectivity index (χ1) is 10.1. The van der Waals surface area contributed by atoms with Crippen LogP contribution in [0.15, 0.2) is 48.5 Å². The highest BCUT2D eigenvalue weighted by molar-refractivity contribution is 6.07. The molecule has 0 aliphatic rings. The number of carbonyl (C=O) groups is 2. The second-order valence-electron chi connectivity index (χ2n) is 4.41. The molecule has 6 heteroatoms. The average Bonchev–Trinajstić information content (AvgIpc) is 2.91. The summed E-state index contributed by atoms with van der Waals surface area (Å²) < 4.78 is 0. The predicted molar refractivity (Wildman–Crippen MR) is 77.4 cm³/mol. The van der Waals surface area contributed by atoms with Crippen molar-refractivity contribution in [2.24, 2.45) is 0 Å². The van der Waals surface area contributed by atoms with E-state index in [-0.39, 0.29) is 17.1 Å². The van der Waals surface area contributed by atoms with Crippen molar-refractivity contribution in [2.45, 2.75) is 0 Å². The molecular formula is C15H11N3O3. The molecule has 0 radical (unpaired) electrons. The Bertz CT molecular complexity index is 806. The summed E-state index contributed by atoms with van der Waals surface area (Å²) >= 11 is 0. The molecule has 0 saturated heterocycles. The smallest absolute Gasteiger partial charge is 0.337 e. The Morgan fingerprint density at radius 3 is 2.52 bits per heavy atom. The van der Waals surface area contributed by atoms with Crippen molar-refractivity contribution >= 4 is 28.6 Å². The van der Waals surface area contributed by atoms with Crippen molar-refractivity contribution < 1.29 is 14.7 Å². The third-order valence-electron chi connectivity index (χ3n) is 3.01. The Morgan fingerprint density at radius 1 is 1.05 bits per heavy atom. The van der Waals surface area contributed by atoms with Gasteiger partial charge >= 0.3 is 5.97 Å². The Kier molecular flexibility index (Phi) is 3.12. The van der Waals surface area contributed by atoms with Gasteiger partial charge in [-0.05, 0) is 24.3 Å². The topological polar surface area (TPSA) is 95.1 Å². The van der Waals surface area contributed by atoms with E-state index < -0.39 is 11.9 Å². The van der Waals surface area contributed by atoms with Crippen LogP contribution in [0.25, 0.3) is 11.0 Å². The summed E-state index contributed by atoms with van der Waals surface area (Å²) in [5.41, 5.74) is 1.68. The molecule has 0 spiro atoms. The molecule has 2 aromatic carbocycles. The molecule has 0 fully saturated rings. The van der Waals surface area contributed by atoms with Crippen LogP contribution in [-0.4, -0.2) is 27.0 Å². The Hall–Kier alpha value is -3.15. The van der Waals surface area contributed by atoms with Gasteiger partial charge in [0.1, 0.15) is 0 Å². The first-order valence-electron chi connectivity index (χ1n) is 6.23. The van der Waals surface area contributed by atoms with Crippen LogP contribution in [-0.2, 0) is 0 Å². The van der Waals surface area contributed by atoms with Crippen LogP contribution in [0.5, 0.6) is 0 Å². The highest BCUT2D eigenvalue weighted by Crippen LogP contribution is 2.16. The number of imidazole rings is 1. The minimum absolute atomic E-state index is 0.0296. The molecule has 0 bridgehead atoms. The highest BCUT2D eigenvalue weighted by atomic mass is 16.4. The highest BCUT2D eigenvalue weighted by Gasteiger charge is 2.15. The molecule has 1 heterocycles. The first kappa shape index (κ1) is 12.9. The van der Waals surface area contributed by atoms with Crippen molar-refractivity contribution in [1.29, 1.82) is 0 Å². The lowest BCUT2D eigenvalue weighted by atomic mass is 10.2. The van der Waals surface area contributed by atoms with Gasteiger partial charge in [0.25, 0.3) is 5.91 Å². The quantitative estimate of drug-likeness (QED) is 0.687. The van der Waals surface area contributed by atoms with Crippen LogP contribution < -0.4 is 5.32 Å². The van der Waals surface area contributed by atoms with Crippen molar-refractivity contribution in [3.8, 4) is 0 Å². The monoisotopic (exact) mass is 281 g/mol. The van der Waals surface area contributed by atoms with E-state index in [2.05, 4.69) is 15.3 Å². The summed E-state index contributed by atoms with van der Waals surface area (Å²) in [5, 5.41) is 11.6. The van der Waals surface area contributed by atoms with E-state index in [0.29, 0.717) is 5.52 Å². The van der Waals surface area contributed by atoms with Crippen LogP contribution in [0.3, 0.4) is 0 Å². The third kappa shape index (κ3) is 2.46. The Morgan fingerprint density at radius 2 is 1.76 bits per heavy atom. The number of H-pyrrole nitrogens is 1. The fraction of sp³-hybridized carbons (Fsp3) is 0. The minimum atomic E-state index is -1.10. The lowest BCUT2D eigenvalue weighted by Crippen LogP contribution is -2.16. The number of amides is 1. The number of rotatable bonds is 3. The maximum atomic E-state index is 12.2. The number of nitrogens with zero attached hydrogens (tertiary/aromatic N) is 1. The van der Waals surface area contributed by atoms with Gasteiger partial charge in [-0.1, -0.05) is 24.3 Å². The number of para-hydroxylation sites is 3. The van der Waals surface area contributed by atoms with Gasteiger partial charge in [0, 0.05) is 0 Å². The molecule has 6 nitrogen and oxygen atoms in total. The van der Waals surface area contributed by atoms with Gasteiger partial charge in [-0.3, -0.25) is 4.79 Å². The van der Waals surface area contributed by atoms with Crippen molar-refractivity contribution in [3.63, 3.8) is 0 Å². The fourth-order valence-corrected chi connectivity index (χ4v) is 2.02. The normalized spacial score (nSPS) is 10.5. The number of fused-ring (bicyclic) bond motifs is 1. The molecule has 3 rings (SSSR count). The summed E-state index contributed by atoms with van der Waals surface area (Å²) in [6.45, 7) is 0. The molecule has 0 aliphatic carbocycles. The minimum Gasteiger partial charge on any atom is -0.478 e. The van der Waals surface area contributed by atoms with Crippen LogP contribution in [0, 0.1) is 0 Å². The molecule has 0 saturated carbocycles. The SMILES string of the molecule is O=C(Nc1ccccc1C(=O)O)c1nc2ccccc2[nH]1. The molecule has 1 aromatic heterocycles. The van der Waals surface area contributed by atoms with Gasteiger partial charge in [-0.25, -0.2) is 9.78 Å². The number of hydrogen-bond donors (Lipinski definition) is 3. The fourth-order valence-electron chi connectivity index (χ4n) is 2.02. The summed E-state index contributed by atoms with van der Waals surface area (Å²) in [7, 11) is 0. The molecule has 21 heavy (non-hydrogen) atoms. The van der Waals surface area contributed by atoms with E-state index in [1.807, 2.05) is 18.2 Å². The van der Waals surface area contributed by atoms with Gasteiger partial charge < -0.3 is 15.4 Å². The van der Waals surface area contributed by atoms with Crippen LogP contribution in [0.1, 0.15) is 21.0 Å². The molecule has 1 amide bonds. The molecule has 0 unspecified atom stereocenters. The van der Waals surface area contributed by atoms with E-state index in [4.69, 9.17) is 5.11 Å². The molecule has 3 aromatic rings. The molecule has 104 valence electrons. The first-order valence-corrected chi connectivity index (χ1v) is 6.23. The Balaban J connectivity index is 1.91. The zero-order valence-corrected chi connectivity index (χ0v) is 10.8. The summed E-state index contributed by atoms with van der Waals surface area (Å²) in [5.74, 6) is -1.45. The average molecular weight is 281 g/mol. The van der Waals surface area contributed by atoms with Gasteiger partial charge in [-0.15, -0.1) is 0 Å². The molecule has 3 N–H and O–H groups in total. The van der Waals surface area contributed by atoms with Gasteiger partial charge in [-0.2, -0.15) is 0 Å². The number of carboxylic acid groups (broad SMARTS) is 1. The van der Waals surface area contributed by atoms with Crippen molar-refractivity contribution in [1.82, 2.24) is 9.97 Å². The third-order valence-corrected chi connectivity index (χ3v) is 3.01. The zero-order chi connectivity index (χ0) is 14.8. The number of anilines is 1. The predicted octanol–water partition coefficient (Wildman–Crippen LogP) is 2.51. The van der Waals surface area contributed by atoms with E-state index in [1.54, 1.807) is 18.2 Å². The number of carbonyl (C=O) groups excluding carboxylic acids is 1. The number of aromatic carboxylic acids is 1. The molecule has 0 aliphatic heterocycles. The Labute approximate surface area is 119 Å². The van der Waals surface area contributed by atoms with E-state index in [9.17, 15) is 9.59 Å². The lowest BCUT2D eigenvalue weighted by molar-refractivity contribution is 0.0698. The lowest BCUT2D eigenvalue weighted by Gasteiger charge is -2.06. The van der Waals surface area contributed by atoms with E-state index in [1.165, 1.54) is 12.1 Å². The summed E-state index contributed by atoms with van der Waals surface area (Å²) in [6, 6.07) is 13.5. The molecule has 0 atom stereocenters. The molecular weight excluding hydrogens is 270 g/mol. The van der Waals surface area contributed by atoms with Gasteiger partial charge in [0.2, 0.25) is 0 Å². The summed E-state index contributed by atoms with van der Waals surface area (Å²) in [4.78, 5) is 30.3. The number of aromatic amines is 1. The second kappa shape index (κ2) is 5.09. The number of nitrogens with one attached hydrogen (secondary N) is 2. The van der Waals surface area contributed by atoms with E-state index >= 15 is 0 Å². The van der Waals surface area contributed by atoms with E-state index in [0.717, 1.165) is 5.52 Å². The van der Waals surface area contributed by atoms with Crippen LogP contribution in [0.4, 0.5) is 5.69 Å². The van der Waals surface area contributed by atoms with Crippen LogP contribution in [0.2, 0.25) is 0 Å². The maximum Gasteiger partial charge on any atom is 0.337 e. The zero-order valence-electron chi connectivity index (χ0n) is 10.8. The van der Waals surface area contributed by atoms with Crippen molar-refractivity contribution in [3.05, 3.63) is 59.9 Å². The van der Waals surface area contributed by atoms with Gasteiger partial charge in [0.15, 0.2) is 5.82 Å². The number of benzene rings is 2. The van der Waals surface area contributed by atoms with Crippen LogP contribution >= 0.6 is 0 Å². The number of aromatic nitrogens is 2.